The molecule has 0 spiro atoms. The second kappa shape index (κ2) is 10.2. The largest absolute Gasteiger partial charge is 0.481 e. The molecule has 0 saturated heterocycles. The molecule has 0 bridgehead atoms. The fraction of sp³-hybridized carbons (Fsp3) is 0.233. The number of allylic oxidation sites excluding steroid dienone is 1. The van der Waals surface area contributed by atoms with Crippen molar-refractivity contribution in [3.63, 3.8) is 0 Å². The lowest BCUT2D eigenvalue weighted by Crippen LogP contribution is -2.38. The maximum atomic E-state index is 13.9. The molecule has 1 aliphatic heterocycles. The third-order valence-corrected chi connectivity index (χ3v) is 7.26. The Bertz CT molecular complexity index is 1410. The molecule has 2 aliphatic rings. The summed E-state index contributed by atoms with van der Waals surface area (Å²) in [6.45, 7) is 1.98. The molecule has 0 fully saturated rings. The molecule has 0 unspecified atom stereocenters. The predicted octanol–water partition coefficient (Wildman–Crippen LogP) is 6.41. The highest BCUT2D eigenvalue weighted by atomic mass is 35.5. The topological polar surface area (TPSA) is 86.7 Å². The normalized spacial score (nSPS) is 19.0. The van der Waals surface area contributed by atoms with E-state index in [1.54, 1.807) is 4.90 Å². The molecular formula is C30H27ClN2O4. The molecular weight excluding hydrogens is 488 g/mol. The summed E-state index contributed by atoms with van der Waals surface area (Å²) < 4.78 is 0. The van der Waals surface area contributed by atoms with E-state index >= 15 is 0 Å². The van der Waals surface area contributed by atoms with Gasteiger partial charge in [0.15, 0.2) is 5.78 Å². The van der Waals surface area contributed by atoms with Gasteiger partial charge in [0.1, 0.15) is 0 Å². The zero-order valence-corrected chi connectivity index (χ0v) is 21.2. The zero-order chi connectivity index (χ0) is 26.1. The van der Waals surface area contributed by atoms with Gasteiger partial charge in [-0.15, -0.1) is 0 Å². The number of carbonyl (C=O) groups excluding carboxylic acids is 2. The van der Waals surface area contributed by atoms with Crippen molar-refractivity contribution < 1.29 is 19.5 Å². The number of benzene rings is 3. The van der Waals surface area contributed by atoms with Crippen molar-refractivity contribution in [1.82, 2.24) is 0 Å². The number of rotatable bonds is 5. The van der Waals surface area contributed by atoms with E-state index in [1.807, 2.05) is 79.7 Å². The number of carbonyl (C=O) groups is 3. The van der Waals surface area contributed by atoms with Crippen molar-refractivity contribution in [2.75, 3.05) is 10.2 Å². The summed E-state index contributed by atoms with van der Waals surface area (Å²) in [5.41, 5.74) is 5.49. The number of para-hydroxylation sites is 2. The molecule has 0 saturated carbocycles. The van der Waals surface area contributed by atoms with Gasteiger partial charge in [-0.2, -0.15) is 0 Å². The van der Waals surface area contributed by atoms with Gasteiger partial charge >= 0.3 is 5.97 Å². The first kappa shape index (κ1) is 24.8. The monoisotopic (exact) mass is 514 g/mol. The fourth-order valence-corrected chi connectivity index (χ4v) is 5.46. The standard InChI is InChI=1S/C30H27ClN2O4/c1-18-9-11-19(12-10-18)30-29-24(16-21(17-26(29)34)20-5-4-6-22(31)15-20)32-23-7-2-3-8-25(23)33(30)27(35)13-14-28(36)37/h2-12,15,21,30,32H,13-14,16-17H2,1H3,(H,36,37)/t21-,30-/m0/s1. The van der Waals surface area contributed by atoms with Crippen LogP contribution in [0.4, 0.5) is 11.4 Å². The van der Waals surface area contributed by atoms with Gasteiger partial charge in [-0.05, 0) is 54.7 Å². The number of nitrogens with one attached hydrogen (secondary N) is 1. The highest BCUT2D eigenvalue weighted by Crippen LogP contribution is 2.47. The average molecular weight is 515 g/mol. The number of aryl methyl sites for hydroxylation is 1. The van der Waals surface area contributed by atoms with Crippen LogP contribution in [0.3, 0.4) is 0 Å². The van der Waals surface area contributed by atoms with Crippen molar-refractivity contribution in [3.05, 3.63) is 106 Å². The van der Waals surface area contributed by atoms with Gasteiger partial charge in [0.25, 0.3) is 0 Å². The number of aliphatic carboxylic acids is 1. The number of ketones is 1. The summed E-state index contributed by atoms with van der Waals surface area (Å²) >= 11 is 6.25. The van der Waals surface area contributed by atoms with Crippen LogP contribution >= 0.6 is 11.6 Å². The second-order valence-corrected chi connectivity index (χ2v) is 10.0. The third kappa shape index (κ3) is 5.02. The first-order valence-electron chi connectivity index (χ1n) is 12.3. The van der Waals surface area contributed by atoms with Crippen molar-refractivity contribution in [1.29, 1.82) is 0 Å². The summed E-state index contributed by atoms with van der Waals surface area (Å²) in [5, 5.41) is 13.4. The first-order valence-corrected chi connectivity index (χ1v) is 12.7. The van der Waals surface area contributed by atoms with Crippen LogP contribution in [-0.4, -0.2) is 22.8 Å². The minimum Gasteiger partial charge on any atom is -0.481 e. The SMILES string of the molecule is Cc1ccc([C@H]2C3=C(C[C@H](c4cccc(Cl)c4)CC3=O)Nc3ccccc3N2C(=O)CCC(=O)O)cc1. The number of hydrogen-bond donors (Lipinski definition) is 2. The summed E-state index contributed by atoms with van der Waals surface area (Å²) in [6, 6.07) is 22.1. The maximum Gasteiger partial charge on any atom is 0.303 e. The zero-order valence-electron chi connectivity index (χ0n) is 20.4. The summed E-state index contributed by atoms with van der Waals surface area (Å²) in [7, 11) is 0. The van der Waals surface area contributed by atoms with Crippen LogP contribution in [0.2, 0.25) is 5.02 Å². The molecule has 2 atom stereocenters. The summed E-state index contributed by atoms with van der Waals surface area (Å²) in [5.74, 6) is -1.49. The molecule has 1 heterocycles. The van der Waals surface area contributed by atoms with Gasteiger partial charge in [0.2, 0.25) is 5.91 Å². The number of Topliss-reactive ketones (excluding diaryl/α,β-unsaturated/α-hetero) is 1. The lowest BCUT2D eigenvalue weighted by atomic mass is 9.78. The third-order valence-electron chi connectivity index (χ3n) is 7.02. The number of hydrogen-bond acceptors (Lipinski definition) is 4. The number of carboxylic acid groups (broad SMARTS) is 1. The van der Waals surface area contributed by atoms with Crippen molar-refractivity contribution >= 4 is 40.6 Å². The van der Waals surface area contributed by atoms with E-state index in [2.05, 4.69) is 5.32 Å². The molecule has 0 radical (unpaired) electrons. The van der Waals surface area contributed by atoms with Crippen LogP contribution in [0.1, 0.15) is 54.3 Å². The van der Waals surface area contributed by atoms with Crippen LogP contribution < -0.4 is 10.2 Å². The van der Waals surface area contributed by atoms with Gasteiger partial charge in [-0.25, -0.2) is 0 Å². The number of nitrogens with zero attached hydrogens (tertiary/aromatic N) is 1. The van der Waals surface area contributed by atoms with Crippen molar-refractivity contribution in [3.8, 4) is 0 Å². The van der Waals surface area contributed by atoms with E-state index in [9.17, 15) is 19.5 Å². The molecule has 6 nitrogen and oxygen atoms in total. The lowest BCUT2D eigenvalue weighted by molar-refractivity contribution is -0.138. The number of amides is 1. The molecule has 37 heavy (non-hydrogen) atoms. The second-order valence-electron chi connectivity index (χ2n) is 9.59. The lowest BCUT2D eigenvalue weighted by Gasteiger charge is -2.35. The van der Waals surface area contributed by atoms with Gasteiger partial charge in [0.05, 0.1) is 23.8 Å². The Balaban J connectivity index is 1.68. The number of fused-ring (bicyclic) bond motifs is 1. The van der Waals surface area contributed by atoms with Crippen molar-refractivity contribution in [2.24, 2.45) is 0 Å². The fourth-order valence-electron chi connectivity index (χ4n) is 5.26. The Labute approximate surface area is 220 Å². The Hall–Kier alpha value is -3.90. The predicted molar refractivity (Wildman–Crippen MR) is 144 cm³/mol. The highest BCUT2D eigenvalue weighted by Gasteiger charge is 2.41. The smallest absolute Gasteiger partial charge is 0.303 e. The first-order chi connectivity index (χ1) is 17.8. The number of halogens is 1. The summed E-state index contributed by atoms with van der Waals surface area (Å²) in [6.07, 6.45) is 0.405. The van der Waals surface area contributed by atoms with Gasteiger partial charge in [-0.1, -0.05) is 65.7 Å². The number of carboxylic acids is 1. The Kier molecular flexibility index (Phi) is 6.85. The van der Waals surface area contributed by atoms with Gasteiger partial charge < -0.3 is 10.4 Å². The maximum absolute atomic E-state index is 13.9. The van der Waals surface area contributed by atoms with E-state index < -0.39 is 12.0 Å². The minimum absolute atomic E-state index is 0.0480. The van der Waals surface area contributed by atoms with E-state index in [0.717, 1.165) is 22.4 Å². The Morgan fingerprint density at radius 2 is 1.73 bits per heavy atom. The average Bonchev–Trinajstić information content (AvgIpc) is 3.02. The number of anilines is 2. The van der Waals surface area contributed by atoms with E-state index in [1.165, 1.54) is 0 Å². The van der Waals surface area contributed by atoms with Crippen LogP contribution in [0.25, 0.3) is 0 Å². The molecule has 5 rings (SSSR count). The van der Waals surface area contributed by atoms with Gasteiger partial charge in [0, 0.05) is 29.1 Å². The molecule has 3 aromatic carbocycles. The van der Waals surface area contributed by atoms with E-state index in [0.29, 0.717) is 28.4 Å². The molecule has 7 heteroatoms. The van der Waals surface area contributed by atoms with Crippen LogP contribution in [0, 0.1) is 6.92 Å². The Morgan fingerprint density at radius 3 is 2.46 bits per heavy atom. The van der Waals surface area contributed by atoms with Crippen LogP contribution in [0.15, 0.2) is 84.1 Å². The Morgan fingerprint density at radius 1 is 0.973 bits per heavy atom. The van der Waals surface area contributed by atoms with E-state index in [-0.39, 0.29) is 36.9 Å². The van der Waals surface area contributed by atoms with E-state index in [4.69, 9.17) is 11.6 Å². The molecule has 0 aromatic heterocycles. The molecule has 1 amide bonds. The van der Waals surface area contributed by atoms with Crippen LogP contribution in [0.5, 0.6) is 0 Å². The molecule has 1 aliphatic carbocycles. The quantitative estimate of drug-likeness (QED) is 0.410. The summed E-state index contributed by atoms with van der Waals surface area (Å²) in [4.78, 5) is 40.5. The minimum atomic E-state index is -1.04. The molecule has 188 valence electrons. The highest BCUT2D eigenvalue weighted by molar-refractivity contribution is 6.30. The molecule has 2 N–H and O–H groups in total. The molecule has 3 aromatic rings. The van der Waals surface area contributed by atoms with Crippen molar-refractivity contribution in [2.45, 2.75) is 44.6 Å². The van der Waals surface area contributed by atoms with Crippen LogP contribution in [-0.2, 0) is 14.4 Å². The van der Waals surface area contributed by atoms with Gasteiger partial charge in [-0.3, -0.25) is 19.3 Å².